The molecule has 5 heteroatoms. The van der Waals surface area contributed by atoms with Crippen molar-refractivity contribution >= 4 is 39.1 Å². The molecule has 2 N–H and O–H groups in total. The zero-order valence-corrected chi connectivity index (χ0v) is 12.4. The van der Waals surface area contributed by atoms with E-state index in [1.54, 1.807) is 6.20 Å². The molecule has 0 aliphatic rings. The van der Waals surface area contributed by atoms with Crippen molar-refractivity contribution in [3.8, 4) is 0 Å². The van der Waals surface area contributed by atoms with Crippen LogP contribution >= 0.6 is 28.1 Å². The van der Waals surface area contributed by atoms with Gasteiger partial charge >= 0.3 is 0 Å². The normalized spacial score (nSPS) is 9.59. The smallest absolute Gasteiger partial charge is 0.171 e. The van der Waals surface area contributed by atoms with E-state index in [0.717, 1.165) is 23.3 Å². The van der Waals surface area contributed by atoms with Gasteiger partial charge < -0.3 is 10.6 Å². The van der Waals surface area contributed by atoms with E-state index < -0.39 is 0 Å². The Hall–Kier alpha value is -0.940. The van der Waals surface area contributed by atoms with Crippen molar-refractivity contribution in [1.82, 2.24) is 10.3 Å². The summed E-state index contributed by atoms with van der Waals surface area (Å²) < 4.78 is 0.897. The zero-order valence-electron chi connectivity index (χ0n) is 9.96. The van der Waals surface area contributed by atoms with Gasteiger partial charge in [-0.3, -0.25) is 0 Å². The lowest BCUT2D eigenvalue weighted by molar-refractivity contribution is 0.891. The summed E-state index contributed by atoms with van der Waals surface area (Å²) in [4.78, 5) is 4.18. The Morgan fingerprint density at radius 1 is 1.53 bits per heavy atom. The maximum Gasteiger partial charge on any atom is 0.171 e. The van der Waals surface area contributed by atoms with E-state index in [2.05, 4.69) is 51.5 Å². The van der Waals surface area contributed by atoms with E-state index in [1.165, 1.54) is 5.57 Å². The fraction of sp³-hybridized carbons (Fsp3) is 0.333. The van der Waals surface area contributed by atoms with Gasteiger partial charge in [0, 0.05) is 12.7 Å². The molecule has 3 nitrogen and oxygen atoms in total. The Labute approximate surface area is 116 Å². The molecule has 1 aromatic heterocycles. The molecule has 0 fully saturated rings. The lowest BCUT2D eigenvalue weighted by atomic mass is 10.3. The predicted molar refractivity (Wildman–Crippen MR) is 80.2 cm³/mol. The minimum absolute atomic E-state index is 0.589. The molecule has 0 aliphatic carbocycles. The minimum atomic E-state index is 0.589. The van der Waals surface area contributed by atoms with Crippen molar-refractivity contribution in [1.29, 1.82) is 0 Å². The first-order chi connectivity index (χ1) is 8.09. The highest BCUT2D eigenvalue weighted by Gasteiger charge is 2.01. The van der Waals surface area contributed by atoms with Gasteiger partial charge in [0.1, 0.15) is 5.82 Å². The molecule has 0 saturated carbocycles. The molecule has 1 rings (SSSR count). The molecule has 1 aromatic rings. The number of pyridine rings is 1. The summed E-state index contributed by atoms with van der Waals surface area (Å²) in [5.41, 5.74) is 1.32. The summed E-state index contributed by atoms with van der Waals surface area (Å²) in [5.74, 6) is 0.729. The summed E-state index contributed by atoms with van der Waals surface area (Å²) in [6.45, 7) is 4.99. The highest BCUT2D eigenvalue weighted by Crippen LogP contribution is 2.17. The summed E-state index contributed by atoms with van der Waals surface area (Å²) >= 11 is 8.57. The van der Waals surface area contributed by atoms with Gasteiger partial charge in [-0.05, 0) is 60.5 Å². The second-order valence-corrected chi connectivity index (χ2v) is 5.05. The van der Waals surface area contributed by atoms with E-state index >= 15 is 0 Å². The molecule has 1 heterocycles. The van der Waals surface area contributed by atoms with Crippen molar-refractivity contribution in [3.63, 3.8) is 0 Å². The number of allylic oxidation sites excluding steroid dienone is 1. The molecule has 0 atom stereocenters. The molecule has 0 bridgehead atoms. The maximum absolute atomic E-state index is 5.17. The van der Waals surface area contributed by atoms with Crippen molar-refractivity contribution in [2.75, 3.05) is 11.9 Å². The number of hydrogen-bond donors (Lipinski definition) is 2. The van der Waals surface area contributed by atoms with Crippen molar-refractivity contribution in [2.24, 2.45) is 0 Å². The van der Waals surface area contributed by atoms with Gasteiger partial charge in [-0.1, -0.05) is 11.6 Å². The Morgan fingerprint density at radius 2 is 2.29 bits per heavy atom. The van der Waals surface area contributed by atoms with E-state index in [1.807, 2.05) is 12.1 Å². The Balaban J connectivity index is 2.35. The van der Waals surface area contributed by atoms with Crippen LogP contribution in [0.2, 0.25) is 0 Å². The van der Waals surface area contributed by atoms with E-state index in [0.29, 0.717) is 5.11 Å². The van der Waals surface area contributed by atoms with Crippen molar-refractivity contribution in [3.05, 3.63) is 34.5 Å². The fourth-order valence-electron chi connectivity index (χ4n) is 1.18. The van der Waals surface area contributed by atoms with Crippen molar-refractivity contribution < 1.29 is 0 Å². The van der Waals surface area contributed by atoms with Gasteiger partial charge in [-0.15, -0.1) is 0 Å². The van der Waals surface area contributed by atoms with Gasteiger partial charge in [0.15, 0.2) is 5.11 Å². The summed E-state index contributed by atoms with van der Waals surface area (Å²) in [7, 11) is 0. The van der Waals surface area contributed by atoms with Gasteiger partial charge in [-0.25, -0.2) is 4.98 Å². The number of nitrogens with one attached hydrogen (secondary N) is 2. The molecule has 0 unspecified atom stereocenters. The summed E-state index contributed by atoms with van der Waals surface area (Å²) in [5, 5.41) is 6.76. The number of thiocarbonyl (C=S) groups is 1. The molecule has 17 heavy (non-hydrogen) atoms. The maximum atomic E-state index is 5.17. The topological polar surface area (TPSA) is 37.0 Å². The highest BCUT2D eigenvalue weighted by molar-refractivity contribution is 9.10. The molecule has 0 saturated heterocycles. The van der Waals surface area contributed by atoms with Crippen LogP contribution in [0, 0.1) is 0 Å². The summed E-state index contributed by atoms with van der Waals surface area (Å²) in [6.07, 6.45) is 4.86. The average molecular weight is 314 g/mol. The van der Waals surface area contributed by atoms with Crippen LogP contribution in [0.5, 0.6) is 0 Å². The third-order valence-electron chi connectivity index (χ3n) is 1.97. The zero-order chi connectivity index (χ0) is 12.7. The molecular weight excluding hydrogens is 298 g/mol. The van der Waals surface area contributed by atoms with Crippen LogP contribution in [0.1, 0.15) is 20.3 Å². The number of anilines is 1. The van der Waals surface area contributed by atoms with Crippen LogP contribution < -0.4 is 10.6 Å². The van der Waals surface area contributed by atoms with Gasteiger partial charge in [0.25, 0.3) is 0 Å². The van der Waals surface area contributed by atoms with Gasteiger partial charge in [0.05, 0.1) is 4.47 Å². The SMILES string of the molecule is CC(C)=CCCNC(=S)Nc1ncccc1Br. The first-order valence-corrected chi connectivity index (χ1v) is 6.58. The Morgan fingerprint density at radius 3 is 2.94 bits per heavy atom. The Bertz CT molecular complexity index is 414. The lowest BCUT2D eigenvalue weighted by Gasteiger charge is -2.09. The van der Waals surface area contributed by atoms with Crippen LogP contribution in [0.25, 0.3) is 0 Å². The number of halogens is 1. The molecule has 0 aliphatic heterocycles. The highest BCUT2D eigenvalue weighted by atomic mass is 79.9. The summed E-state index contributed by atoms with van der Waals surface area (Å²) in [6, 6.07) is 3.78. The van der Waals surface area contributed by atoms with E-state index in [-0.39, 0.29) is 0 Å². The third kappa shape index (κ3) is 5.79. The molecule has 0 aromatic carbocycles. The van der Waals surface area contributed by atoms with Crippen molar-refractivity contribution in [2.45, 2.75) is 20.3 Å². The van der Waals surface area contributed by atoms with Crippen LogP contribution in [0.15, 0.2) is 34.5 Å². The largest absolute Gasteiger partial charge is 0.362 e. The van der Waals surface area contributed by atoms with Crippen LogP contribution in [0.3, 0.4) is 0 Å². The minimum Gasteiger partial charge on any atom is -0.362 e. The first kappa shape index (κ1) is 14.1. The van der Waals surface area contributed by atoms with Gasteiger partial charge in [0.2, 0.25) is 0 Å². The standard InChI is InChI=1S/C12H16BrN3S/c1-9(2)5-3-8-15-12(17)16-11-10(13)6-4-7-14-11/h4-7H,3,8H2,1-2H3,(H2,14,15,16,17). The molecule has 0 amide bonds. The molecular formula is C12H16BrN3S. The van der Waals surface area contributed by atoms with Crippen LogP contribution in [0.4, 0.5) is 5.82 Å². The Kier molecular flexibility index (Phi) is 6.15. The van der Waals surface area contributed by atoms with E-state index in [9.17, 15) is 0 Å². The van der Waals surface area contributed by atoms with Crippen LogP contribution in [-0.4, -0.2) is 16.6 Å². The second-order valence-electron chi connectivity index (χ2n) is 3.78. The molecule has 0 spiro atoms. The average Bonchev–Trinajstić information content (AvgIpc) is 2.27. The fourth-order valence-corrected chi connectivity index (χ4v) is 1.73. The quantitative estimate of drug-likeness (QED) is 0.507. The number of nitrogens with zero attached hydrogens (tertiary/aromatic N) is 1. The second kappa shape index (κ2) is 7.40. The molecule has 0 radical (unpaired) electrons. The first-order valence-electron chi connectivity index (χ1n) is 5.38. The van der Waals surface area contributed by atoms with Crippen LogP contribution in [-0.2, 0) is 0 Å². The lowest BCUT2D eigenvalue weighted by Crippen LogP contribution is -2.29. The molecule has 92 valence electrons. The number of rotatable bonds is 4. The third-order valence-corrected chi connectivity index (χ3v) is 2.86. The monoisotopic (exact) mass is 313 g/mol. The number of aromatic nitrogens is 1. The predicted octanol–water partition coefficient (Wildman–Crippen LogP) is 3.49. The number of hydrogen-bond acceptors (Lipinski definition) is 2. The van der Waals surface area contributed by atoms with E-state index in [4.69, 9.17) is 12.2 Å². The van der Waals surface area contributed by atoms with Gasteiger partial charge in [-0.2, -0.15) is 0 Å².